The zero-order chi connectivity index (χ0) is 24.2. The first-order valence-electron chi connectivity index (χ1n) is 10.5. The molecule has 0 radical (unpaired) electrons. The normalized spacial score (nSPS) is 12.7. The van der Waals surface area contributed by atoms with Crippen LogP contribution in [0, 0.1) is 13.8 Å². The first kappa shape index (κ1) is 23.0. The van der Waals surface area contributed by atoms with Gasteiger partial charge in [-0.15, -0.1) is 0 Å². The number of benzene rings is 2. The Kier molecular flexibility index (Phi) is 6.58. The van der Waals surface area contributed by atoms with Gasteiger partial charge in [0.25, 0.3) is 5.91 Å². The highest BCUT2D eigenvalue weighted by Gasteiger charge is 2.22. The van der Waals surface area contributed by atoms with Gasteiger partial charge in [-0.3, -0.25) is 4.79 Å². The third kappa shape index (κ3) is 4.90. The number of fused-ring (bicyclic) bond motifs is 1. The molecule has 34 heavy (non-hydrogen) atoms. The number of anilines is 1. The Morgan fingerprint density at radius 1 is 1.09 bits per heavy atom. The summed E-state index contributed by atoms with van der Waals surface area (Å²) in [7, 11) is 1.47. The topological polar surface area (TPSA) is 118 Å². The van der Waals surface area contributed by atoms with Gasteiger partial charge in [-0.2, -0.15) is 0 Å². The molecule has 0 unspecified atom stereocenters. The Hall–Kier alpha value is -4.21. The SMILES string of the molecule is COc1cc(C(=O)O[C@@H](C)C(=O)Nc2ccc3c(c2)OCO3)ccc1OCc1c(C)noc1C. The largest absolute Gasteiger partial charge is 0.493 e. The number of aryl methyl sites for hydroxylation is 2. The molecule has 10 nitrogen and oxygen atoms in total. The van der Waals surface area contributed by atoms with Crippen LogP contribution in [-0.2, 0) is 16.1 Å². The van der Waals surface area contributed by atoms with E-state index in [4.69, 9.17) is 28.2 Å². The summed E-state index contributed by atoms with van der Waals surface area (Å²) in [6, 6.07) is 9.64. The van der Waals surface area contributed by atoms with E-state index >= 15 is 0 Å². The van der Waals surface area contributed by atoms with E-state index < -0.39 is 18.0 Å². The van der Waals surface area contributed by atoms with Gasteiger partial charge in [0.15, 0.2) is 29.1 Å². The Bertz CT molecular complexity index is 1200. The minimum absolute atomic E-state index is 0.133. The first-order valence-corrected chi connectivity index (χ1v) is 10.5. The summed E-state index contributed by atoms with van der Waals surface area (Å²) in [5.74, 6) is 1.43. The van der Waals surface area contributed by atoms with Crippen LogP contribution in [0.25, 0.3) is 0 Å². The smallest absolute Gasteiger partial charge is 0.339 e. The van der Waals surface area contributed by atoms with Crippen molar-refractivity contribution < 1.29 is 37.8 Å². The van der Waals surface area contributed by atoms with Crippen molar-refractivity contribution in [1.82, 2.24) is 5.16 Å². The Morgan fingerprint density at radius 2 is 1.88 bits per heavy atom. The lowest BCUT2D eigenvalue weighted by molar-refractivity contribution is -0.123. The third-order valence-corrected chi connectivity index (χ3v) is 5.25. The van der Waals surface area contributed by atoms with Crippen LogP contribution in [0.1, 0.15) is 34.3 Å². The Labute approximate surface area is 195 Å². The molecule has 4 rings (SSSR count). The van der Waals surface area contributed by atoms with Crippen LogP contribution in [-0.4, -0.2) is 37.0 Å². The third-order valence-electron chi connectivity index (χ3n) is 5.25. The van der Waals surface area contributed by atoms with Crippen molar-refractivity contribution in [2.75, 3.05) is 19.2 Å². The van der Waals surface area contributed by atoms with Crippen LogP contribution in [0.5, 0.6) is 23.0 Å². The average molecular weight is 468 g/mol. The summed E-state index contributed by atoms with van der Waals surface area (Å²) in [4.78, 5) is 25.1. The second kappa shape index (κ2) is 9.74. The van der Waals surface area contributed by atoms with E-state index in [9.17, 15) is 9.59 Å². The molecule has 1 N–H and O–H groups in total. The minimum atomic E-state index is -1.04. The number of carbonyl (C=O) groups excluding carboxylic acids is 2. The van der Waals surface area contributed by atoms with Gasteiger partial charge in [0.05, 0.1) is 23.9 Å². The molecule has 0 saturated heterocycles. The monoisotopic (exact) mass is 468 g/mol. The van der Waals surface area contributed by atoms with E-state index in [0.29, 0.717) is 34.4 Å². The molecule has 0 bridgehead atoms. The zero-order valence-electron chi connectivity index (χ0n) is 19.2. The van der Waals surface area contributed by atoms with Crippen molar-refractivity contribution in [1.29, 1.82) is 0 Å². The molecule has 1 aliphatic heterocycles. The Morgan fingerprint density at radius 3 is 2.62 bits per heavy atom. The van der Waals surface area contributed by atoms with Crippen molar-refractivity contribution in [2.24, 2.45) is 0 Å². The molecule has 3 aromatic rings. The standard InChI is InChI=1S/C24H24N2O8/c1-13-18(14(2)34-26-13)11-30-19-7-5-16(9-21(19)29-4)24(28)33-15(3)23(27)25-17-6-8-20-22(10-17)32-12-31-20/h5-10,15H,11-12H2,1-4H3,(H,25,27)/t15-/m0/s1. The molecule has 1 aliphatic rings. The summed E-state index contributed by atoms with van der Waals surface area (Å²) < 4.78 is 32.2. The summed E-state index contributed by atoms with van der Waals surface area (Å²) in [6.45, 7) is 5.49. The fourth-order valence-electron chi connectivity index (χ4n) is 3.27. The van der Waals surface area contributed by atoms with Gasteiger partial charge in [-0.05, 0) is 51.1 Å². The summed E-state index contributed by atoms with van der Waals surface area (Å²) in [5, 5.41) is 6.59. The number of aromatic nitrogens is 1. The van der Waals surface area contributed by atoms with Crippen LogP contribution in [0.3, 0.4) is 0 Å². The highest BCUT2D eigenvalue weighted by atomic mass is 16.7. The number of hydrogen-bond donors (Lipinski definition) is 1. The second-order valence-corrected chi connectivity index (χ2v) is 7.56. The molecule has 2 heterocycles. The fourth-order valence-corrected chi connectivity index (χ4v) is 3.27. The van der Waals surface area contributed by atoms with E-state index in [2.05, 4.69) is 10.5 Å². The van der Waals surface area contributed by atoms with Crippen LogP contribution < -0.4 is 24.3 Å². The van der Waals surface area contributed by atoms with Crippen molar-refractivity contribution in [3.8, 4) is 23.0 Å². The molecule has 0 fully saturated rings. The maximum atomic E-state index is 12.6. The van der Waals surface area contributed by atoms with Gasteiger partial charge in [0.1, 0.15) is 12.4 Å². The van der Waals surface area contributed by atoms with Gasteiger partial charge < -0.3 is 33.5 Å². The highest BCUT2D eigenvalue weighted by molar-refractivity contribution is 5.97. The van der Waals surface area contributed by atoms with Gasteiger partial charge in [-0.1, -0.05) is 5.16 Å². The lowest BCUT2D eigenvalue weighted by Crippen LogP contribution is -2.30. The molecule has 0 aliphatic carbocycles. The molecular formula is C24H24N2O8. The van der Waals surface area contributed by atoms with E-state index in [0.717, 1.165) is 11.3 Å². The molecule has 1 aromatic heterocycles. The number of rotatable bonds is 8. The molecular weight excluding hydrogens is 444 g/mol. The summed E-state index contributed by atoms with van der Waals surface area (Å²) in [6.07, 6.45) is -1.04. The van der Waals surface area contributed by atoms with Crippen LogP contribution in [0.2, 0.25) is 0 Å². The Balaban J connectivity index is 1.37. The highest BCUT2D eigenvalue weighted by Crippen LogP contribution is 2.34. The van der Waals surface area contributed by atoms with Crippen molar-refractivity contribution in [3.05, 3.63) is 59.0 Å². The second-order valence-electron chi connectivity index (χ2n) is 7.56. The van der Waals surface area contributed by atoms with E-state index in [-0.39, 0.29) is 19.0 Å². The van der Waals surface area contributed by atoms with Crippen molar-refractivity contribution >= 4 is 17.6 Å². The van der Waals surface area contributed by atoms with E-state index in [1.165, 1.54) is 26.2 Å². The maximum absolute atomic E-state index is 12.6. The van der Waals surface area contributed by atoms with Crippen molar-refractivity contribution in [2.45, 2.75) is 33.5 Å². The molecule has 10 heteroatoms. The number of hydrogen-bond acceptors (Lipinski definition) is 9. The van der Waals surface area contributed by atoms with Gasteiger partial charge in [0, 0.05) is 11.8 Å². The maximum Gasteiger partial charge on any atom is 0.339 e. The van der Waals surface area contributed by atoms with Gasteiger partial charge >= 0.3 is 5.97 Å². The molecule has 0 spiro atoms. The predicted molar refractivity (Wildman–Crippen MR) is 119 cm³/mol. The number of nitrogens with zero attached hydrogens (tertiary/aromatic N) is 1. The fraction of sp³-hybridized carbons (Fsp3) is 0.292. The van der Waals surface area contributed by atoms with Gasteiger partial charge in [0.2, 0.25) is 6.79 Å². The number of methoxy groups -OCH3 is 1. The average Bonchev–Trinajstić information content (AvgIpc) is 3.43. The van der Waals surface area contributed by atoms with Crippen molar-refractivity contribution in [3.63, 3.8) is 0 Å². The first-order chi connectivity index (χ1) is 16.4. The van der Waals surface area contributed by atoms with E-state index in [1.807, 2.05) is 6.92 Å². The number of amides is 1. The van der Waals surface area contributed by atoms with Crippen LogP contribution in [0.15, 0.2) is 40.9 Å². The predicted octanol–water partition coefficient (Wildman–Crippen LogP) is 3.79. The molecule has 1 atom stereocenters. The van der Waals surface area contributed by atoms with Crippen LogP contribution in [0.4, 0.5) is 5.69 Å². The minimum Gasteiger partial charge on any atom is -0.493 e. The lowest BCUT2D eigenvalue weighted by atomic mass is 10.2. The van der Waals surface area contributed by atoms with E-state index in [1.54, 1.807) is 31.2 Å². The van der Waals surface area contributed by atoms with Gasteiger partial charge in [-0.25, -0.2) is 4.79 Å². The number of nitrogens with one attached hydrogen (secondary N) is 1. The molecule has 178 valence electrons. The summed E-state index contributed by atoms with van der Waals surface area (Å²) in [5.41, 5.74) is 2.29. The zero-order valence-corrected chi connectivity index (χ0v) is 19.2. The summed E-state index contributed by atoms with van der Waals surface area (Å²) >= 11 is 0. The number of ether oxygens (including phenoxy) is 5. The number of carbonyl (C=O) groups is 2. The lowest BCUT2D eigenvalue weighted by Gasteiger charge is -2.15. The molecule has 0 saturated carbocycles. The van der Waals surface area contributed by atoms with Crippen LogP contribution >= 0.6 is 0 Å². The molecule has 1 amide bonds. The number of esters is 1. The molecule has 2 aromatic carbocycles. The quantitative estimate of drug-likeness (QED) is 0.493.